The predicted octanol–water partition coefficient (Wildman–Crippen LogP) is 0.639. The van der Waals surface area contributed by atoms with Gasteiger partial charge in [0.05, 0.1) is 18.3 Å². The molecular formula is C16H26N4O2. The number of carbonyl (C=O) groups excluding carboxylic acids is 1. The van der Waals surface area contributed by atoms with Crippen molar-refractivity contribution in [2.24, 2.45) is 5.92 Å². The first-order chi connectivity index (χ1) is 10.5. The molecule has 1 aliphatic heterocycles. The Hall–Kier alpha value is -1.66. The Kier molecular flexibility index (Phi) is 5.74. The highest BCUT2D eigenvalue weighted by Crippen LogP contribution is 2.18. The summed E-state index contributed by atoms with van der Waals surface area (Å²) in [7, 11) is 2.12. The number of nitrogens with one attached hydrogen (secondary N) is 1. The number of carbonyl (C=O) groups is 1. The van der Waals surface area contributed by atoms with E-state index in [0.717, 1.165) is 32.0 Å². The van der Waals surface area contributed by atoms with Gasteiger partial charge in [-0.1, -0.05) is 19.9 Å². The van der Waals surface area contributed by atoms with E-state index in [2.05, 4.69) is 27.1 Å². The lowest BCUT2D eigenvalue weighted by Crippen LogP contribution is -2.45. The maximum absolute atomic E-state index is 11.8. The molecular weight excluding hydrogens is 280 g/mol. The van der Waals surface area contributed by atoms with Crippen LogP contribution in [0.1, 0.15) is 25.6 Å². The molecule has 1 atom stereocenters. The Bertz CT molecular complexity index is 499. The molecule has 2 heterocycles. The van der Waals surface area contributed by atoms with E-state index in [1.54, 1.807) is 0 Å². The molecule has 0 saturated carbocycles. The molecule has 0 aromatic carbocycles. The number of anilines is 1. The van der Waals surface area contributed by atoms with Gasteiger partial charge in [-0.25, -0.2) is 4.98 Å². The zero-order chi connectivity index (χ0) is 16.1. The van der Waals surface area contributed by atoms with Crippen molar-refractivity contribution in [3.05, 3.63) is 23.9 Å². The summed E-state index contributed by atoms with van der Waals surface area (Å²) in [6, 6.07) is 5.30. The molecule has 0 aliphatic carbocycles. The molecule has 0 spiro atoms. The Balaban J connectivity index is 2.10. The van der Waals surface area contributed by atoms with Crippen LogP contribution < -0.4 is 10.2 Å². The summed E-state index contributed by atoms with van der Waals surface area (Å²) >= 11 is 0. The second-order valence-corrected chi connectivity index (χ2v) is 6.11. The van der Waals surface area contributed by atoms with Gasteiger partial charge < -0.3 is 20.2 Å². The molecule has 0 radical (unpaired) electrons. The molecule has 1 unspecified atom stereocenters. The quantitative estimate of drug-likeness (QED) is 0.835. The van der Waals surface area contributed by atoms with E-state index in [-0.39, 0.29) is 18.4 Å². The van der Waals surface area contributed by atoms with Gasteiger partial charge in [0.25, 0.3) is 0 Å². The number of aliphatic hydroxyl groups excluding tert-OH is 1. The van der Waals surface area contributed by atoms with Crippen LogP contribution in [0.3, 0.4) is 0 Å². The fourth-order valence-corrected chi connectivity index (χ4v) is 2.40. The van der Waals surface area contributed by atoms with Crippen molar-refractivity contribution in [1.82, 2.24) is 15.2 Å². The van der Waals surface area contributed by atoms with Crippen LogP contribution in [0, 0.1) is 5.92 Å². The van der Waals surface area contributed by atoms with Crippen LogP contribution in [0.25, 0.3) is 0 Å². The number of hydrogen-bond acceptors (Lipinski definition) is 5. The van der Waals surface area contributed by atoms with Crippen LogP contribution in [0.4, 0.5) is 5.82 Å². The summed E-state index contributed by atoms with van der Waals surface area (Å²) in [5, 5.41) is 12.4. The van der Waals surface area contributed by atoms with Gasteiger partial charge in [-0.3, -0.25) is 4.79 Å². The first-order valence-corrected chi connectivity index (χ1v) is 7.83. The molecule has 1 amide bonds. The summed E-state index contributed by atoms with van der Waals surface area (Å²) in [6.45, 7) is 7.41. The Morgan fingerprint density at radius 3 is 2.59 bits per heavy atom. The maximum atomic E-state index is 11.8. The molecule has 6 heteroatoms. The first-order valence-electron chi connectivity index (χ1n) is 7.83. The monoisotopic (exact) mass is 306 g/mol. The number of piperazine rings is 1. The van der Waals surface area contributed by atoms with Crippen molar-refractivity contribution in [3.63, 3.8) is 0 Å². The molecule has 1 aromatic heterocycles. The van der Waals surface area contributed by atoms with E-state index in [1.807, 2.05) is 32.0 Å². The Labute approximate surface area is 132 Å². The lowest BCUT2D eigenvalue weighted by Gasteiger charge is -2.33. The van der Waals surface area contributed by atoms with E-state index in [9.17, 15) is 9.90 Å². The summed E-state index contributed by atoms with van der Waals surface area (Å²) in [5.74, 6) is 0.712. The molecule has 22 heavy (non-hydrogen) atoms. The number of amides is 1. The molecule has 122 valence electrons. The molecule has 1 saturated heterocycles. The highest BCUT2D eigenvalue weighted by molar-refractivity contribution is 5.78. The van der Waals surface area contributed by atoms with Crippen molar-refractivity contribution < 1.29 is 9.90 Å². The van der Waals surface area contributed by atoms with Crippen LogP contribution >= 0.6 is 0 Å². The zero-order valence-corrected chi connectivity index (χ0v) is 13.6. The maximum Gasteiger partial charge on any atom is 0.223 e. The van der Waals surface area contributed by atoms with E-state index in [0.29, 0.717) is 5.69 Å². The predicted molar refractivity (Wildman–Crippen MR) is 86.8 cm³/mol. The van der Waals surface area contributed by atoms with Gasteiger partial charge in [0, 0.05) is 32.1 Å². The van der Waals surface area contributed by atoms with E-state index < -0.39 is 6.04 Å². The molecule has 0 bridgehead atoms. The molecule has 1 aliphatic rings. The molecule has 1 fully saturated rings. The average molecular weight is 306 g/mol. The highest BCUT2D eigenvalue weighted by Gasteiger charge is 2.19. The third-order valence-corrected chi connectivity index (χ3v) is 3.96. The Morgan fingerprint density at radius 1 is 1.32 bits per heavy atom. The van der Waals surface area contributed by atoms with Gasteiger partial charge in [-0.05, 0) is 19.2 Å². The number of likely N-dealkylation sites (N-methyl/N-ethyl adjacent to an activating group) is 1. The number of aromatic nitrogens is 1. The standard InChI is InChI=1S/C16H26N4O2/c1-12(2)16(22)18-14(11-21)13-5-4-6-15(17-13)20-9-7-19(3)8-10-20/h4-6,12,14,21H,7-11H2,1-3H3,(H,18,22). The van der Waals surface area contributed by atoms with Gasteiger partial charge in [0.1, 0.15) is 5.82 Å². The van der Waals surface area contributed by atoms with Crippen molar-refractivity contribution in [1.29, 1.82) is 0 Å². The highest BCUT2D eigenvalue weighted by atomic mass is 16.3. The van der Waals surface area contributed by atoms with Gasteiger partial charge >= 0.3 is 0 Å². The molecule has 6 nitrogen and oxygen atoms in total. The fraction of sp³-hybridized carbons (Fsp3) is 0.625. The first kappa shape index (κ1) is 16.7. The van der Waals surface area contributed by atoms with Crippen LogP contribution in [-0.2, 0) is 4.79 Å². The third-order valence-electron chi connectivity index (χ3n) is 3.96. The van der Waals surface area contributed by atoms with Crippen molar-refractivity contribution in [2.45, 2.75) is 19.9 Å². The zero-order valence-electron chi connectivity index (χ0n) is 13.6. The van der Waals surface area contributed by atoms with Crippen molar-refractivity contribution in [3.8, 4) is 0 Å². The van der Waals surface area contributed by atoms with Gasteiger partial charge in [0.2, 0.25) is 5.91 Å². The van der Waals surface area contributed by atoms with Crippen molar-refractivity contribution >= 4 is 11.7 Å². The number of rotatable bonds is 5. The van der Waals surface area contributed by atoms with Crippen LogP contribution in [0.15, 0.2) is 18.2 Å². The second kappa shape index (κ2) is 7.56. The lowest BCUT2D eigenvalue weighted by atomic mass is 10.1. The number of hydrogen-bond donors (Lipinski definition) is 2. The van der Waals surface area contributed by atoms with Gasteiger partial charge in [0.15, 0.2) is 0 Å². The van der Waals surface area contributed by atoms with E-state index in [4.69, 9.17) is 0 Å². The van der Waals surface area contributed by atoms with Crippen molar-refractivity contribution in [2.75, 3.05) is 44.7 Å². The fourth-order valence-electron chi connectivity index (χ4n) is 2.40. The second-order valence-electron chi connectivity index (χ2n) is 6.11. The molecule has 1 aromatic rings. The summed E-state index contributed by atoms with van der Waals surface area (Å²) in [4.78, 5) is 21.0. The van der Waals surface area contributed by atoms with Crippen LogP contribution in [-0.4, -0.2) is 60.7 Å². The minimum atomic E-state index is -0.456. The smallest absolute Gasteiger partial charge is 0.223 e. The molecule has 2 rings (SSSR count). The van der Waals surface area contributed by atoms with Crippen LogP contribution in [0.5, 0.6) is 0 Å². The SMILES string of the molecule is CC(C)C(=O)NC(CO)c1cccc(N2CCN(C)CC2)n1. The number of pyridine rings is 1. The summed E-state index contributed by atoms with van der Waals surface area (Å²) in [6.07, 6.45) is 0. The van der Waals surface area contributed by atoms with Gasteiger partial charge in [-0.2, -0.15) is 0 Å². The number of nitrogens with zero attached hydrogens (tertiary/aromatic N) is 3. The minimum Gasteiger partial charge on any atom is -0.394 e. The third kappa shape index (κ3) is 4.18. The molecule has 2 N–H and O–H groups in total. The Morgan fingerprint density at radius 2 is 2.00 bits per heavy atom. The summed E-state index contributed by atoms with van der Waals surface area (Å²) < 4.78 is 0. The topological polar surface area (TPSA) is 68.7 Å². The lowest BCUT2D eigenvalue weighted by molar-refractivity contribution is -0.125. The van der Waals surface area contributed by atoms with E-state index >= 15 is 0 Å². The normalized spacial score (nSPS) is 17.6. The van der Waals surface area contributed by atoms with E-state index in [1.165, 1.54) is 0 Å². The summed E-state index contributed by atoms with van der Waals surface area (Å²) in [5.41, 5.74) is 0.702. The van der Waals surface area contributed by atoms with Crippen LogP contribution in [0.2, 0.25) is 0 Å². The number of aliphatic hydroxyl groups is 1. The van der Waals surface area contributed by atoms with Gasteiger partial charge in [-0.15, -0.1) is 0 Å². The minimum absolute atomic E-state index is 0.0779. The average Bonchev–Trinajstić information content (AvgIpc) is 2.53. The largest absolute Gasteiger partial charge is 0.394 e.